The molecule has 2 nitrogen and oxygen atoms in total. The van der Waals surface area contributed by atoms with Crippen LogP contribution in [0.4, 0.5) is 0 Å². The third-order valence-electron chi connectivity index (χ3n) is 1.74. The summed E-state index contributed by atoms with van der Waals surface area (Å²) in [7, 11) is 0. The molecule has 0 rings (SSSR count). The summed E-state index contributed by atoms with van der Waals surface area (Å²) < 4.78 is 0. The number of hydrogen-bond acceptors (Lipinski definition) is 2. The first kappa shape index (κ1) is 10.2. The molecule has 0 aliphatic heterocycles. The van der Waals surface area contributed by atoms with Crippen LogP contribution in [0.2, 0.25) is 0 Å². The summed E-state index contributed by atoms with van der Waals surface area (Å²) in [6, 6.07) is 0. The smallest absolute Gasteiger partial charge is 0.0187 e. The molecule has 0 bridgehead atoms. The van der Waals surface area contributed by atoms with E-state index in [1.165, 1.54) is 0 Å². The lowest BCUT2D eigenvalue weighted by atomic mass is 10.0. The summed E-state index contributed by atoms with van der Waals surface area (Å²) in [6.07, 6.45) is 5.20. The third-order valence-corrected chi connectivity index (χ3v) is 1.74. The van der Waals surface area contributed by atoms with Gasteiger partial charge in [-0.2, -0.15) is 0 Å². The number of hydrogen-bond donors (Lipinski definition) is 2. The molecule has 0 amide bonds. The van der Waals surface area contributed by atoms with E-state index in [0.717, 1.165) is 25.0 Å². The van der Waals surface area contributed by atoms with Crippen molar-refractivity contribution in [1.82, 2.24) is 5.43 Å². The van der Waals surface area contributed by atoms with E-state index in [-0.39, 0.29) is 0 Å². The van der Waals surface area contributed by atoms with Crippen LogP contribution in [0.1, 0.15) is 26.2 Å². The lowest BCUT2D eigenvalue weighted by Gasteiger charge is -2.06. The Kier molecular flexibility index (Phi) is 5.57. The van der Waals surface area contributed by atoms with Crippen LogP contribution < -0.4 is 11.3 Å². The number of hydrazine groups is 1. The zero-order chi connectivity index (χ0) is 8.69. The fourth-order valence-corrected chi connectivity index (χ4v) is 0.827. The molecule has 0 saturated carbocycles. The van der Waals surface area contributed by atoms with Gasteiger partial charge in [0.1, 0.15) is 0 Å². The number of nitrogens with two attached hydrogens (primary N) is 1. The van der Waals surface area contributed by atoms with Gasteiger partial charge in [-0.3, -0.25) is 5.84 Å². The molecular weight excluding hydrogens is 136 g/mol. The first-order valence-corrected chi connectivity index (χ1v) is 3.97. The van der Waals surface area contributed by atoms with E-state index in [2.05, 4.69) is 25.5 Å². The van der Waals surface area contributed by atoms with E-state index >= 15 is 0 Å². The Bertz CT molecular complexity index is 130. The van der Waals surface area contributed by atoms with E-state index in [0.29, 0.717) is 5.92 Å². The molecule has 0 saturated heterocycles. The third kappa shape index (κ3) is 5.67. The summed E-state index contributed by atoms with van der Waals surface area (Å²) in [5.41, 5.74) is 3.44. The molecule has 0 heterocycles. The van der Waals surface area contributed by atoms with Gasteiger partial charge in [-0.1, -0.05) is 19.6 Å². The van der Waals surface area contributed by atoms with Crippen LogP contribution in [0, 0.1) is 5.92 Å². The van der Waals surface area contributed by atoms with Crippen molar-refractivity contribution in [2.24, 2.45) is 11.8 Å². The number of rotatable bonds is 6. The lowest BCUT2D eigenvalue weighted by Crippen LogP contribution is -2.20. The van der Waals surface area contributed by atoms with Crippen molar-refractivity contribution >= 4 is 0 Å². The van der Waals surface area contributed by atoms with Crippen LogP contribution in [-0.4, -0.2) is 0 Å². The largest absolute Gasteiger partial charge is 0.329 e. The van der Waals surface area contributed by atoms with Gasteiger partial charge in [0.2, 0.25) is 0 Å². The summed E-state index contributed by atoms with van der Waals surface area (Å²) in [5.74, 6) is 5.75. The van der Waals surface area contributed by atoms with Crippen molar-refractivity contribution in [1.29, 1.82) is 0 Å². The molecule has 64 valence electrons. The molecule has 0 aromatic rings. The average molecular weight is 154 g/mol. The normalized spacial score (nSPS) is 12.2. The minimum atomic E-state index is 0.598. The molecule has 0 aromatic carbocycles. The zero-order valence-corrected chi connectivity index (χ0v) is 7.27. The predicted molar refractivity (Wildman–Crippen MR) is 49.7 cm³/mol. The van der Waals surface area contributed by atoms with Crippen LogP contribution in [0.25, 0.3) is 0 Å². The van der Waals surface area contributed by atoms with Crippen molar-refractivity contribution in [3.05, 3.63) is 24.9 Å². The standard InChI is InChI=1S/C9H18N2/c1-4-8(2)6-5-7-9(3)11-10/h4,8,11H,1,3,5-7,10H2,2H3. The highest BCUT2D eigenvalue weighted by Gasteiger charge is 1.96. The van der Waals surface area contributed by atoms with Gasteiger partial charge in [-0.15, -0.1) is 6.58 Å². The van der Waals surface area contributed by atoms with Crippen molar-refractivity contribution in [2.75, 3.05) is 0 Å². The maximum atomic E-state index is 5.15. The summed E-state index contributed by atoms with van der Waals surface area (Å²) >= 11 is 0. The van der Waals surface area contributed by atoms with Crippen molar-refractivity contribution in [2.45, 2.75) is 26.2 Å². The van der Waals surface area contributed by atoms with E-state index in [1.54, 1.807) is 0 Å². The minimum absolute atomic E-state index is 0.598. The minimum Gasteiger partial charge on any atom is -0.329 e. The van der Waals surface area contributed by atoms with Crippen LogP contribution in [0.15, 0.2) is 24.9 Å². The van der Waals surface area contributed by atoms with Crippen molar-refractivity contribution in [3.8, 4) is 0 Å². The molecule has 0 radical (unpaired) electrons. The highest BCUT2D eigenvalue weighted by Crippen LogP contribution is 2.09. The fraction of sp³-hybridized carbons (Fsp3) is 0.556. The maximum Gasteiger partial charge on any atom is 0.0187 e. The first-order valence-electron chi connectivity index (χ1n) is 3.97. The Morgan fingerprint density at radius 2 is 2.36 bits per heavy atom. The SMILES string of the molecule is C=CC(C)CCCC(=C)NN. The van der Waals surface area contributed by atoms with Gasteiger partial charge in [0.05, 0.1) is 0 Å². The van der Waals surface area contributed by atoms with Gasteiger partial charge in [-0.25, -0.2) is 0 Å². The van der Waals surface area contributed by atoms with Gasteiger partial charge in [-0.05, 0) is 25.2 Å². The maximum absolute atomic E-state index is 5.15. The Morgan fingerprint density at radius 1 is 1.73 bits per heavy atom. The second-order valence-corrected chi connectivity index (χ2v) is 2.85. The number of allylic oxidation sites excluding steroid dienone is 2. The summed E-state index contributed by atoms with van der Waals surface area (Å²) in [5, 5.41) is 0. The number of nitrogens with one attached hydrogen (secondary N) is 1. The summed E-state index contributed by atoms with van der Waals surface area (Å²) in [4.78, 5) is 0. The van der Waals surface area contributed by atoms with E-state index in [4.69, 9.17) is 5.84 Å². The van der Waals surface area contributed by atoms with Gasteiger partial charge in [0.15, 0.2) is 0 Å². The molecule has 0 aliphatic rings. The van der Waals surface area contributed by atoms with Crippen LogP contribution >= 0.6 is 0 Å². The molecule has 2 heteroatoms. The van der Waals surface area contributed by atoms with Crippen molar-refractivity contribution in [3.63, 3.8) is 0 Å². The van der Waals surface area contributed by atoms with E-state index in [1.807, 2.05) is 6.08 Å². The monoisotopic (exact) mass is 154 g/mol. The molecule has 0 aromatic heterocycles. The van der Waals surface area contributed by atoms with Gasteiger partial charge >= 0.3 is 0 Å². The lowest BCUT2D eigenvalue weighted by molar-refractivity contribution is 0.593. The molecule has 11 heavy (non-hydrogen) atoms. The van der Waals surface area contributed by atoms with E-state index in [9.17, 15) is 0 Å². The predicted octanol–water partition coefficient (Wildman–Crippen LogP) is 1.96. The Balaban J connectivity index is 3.26. The quantitative estimate of drug-likeness (QED) is 0.348. The van der Waals surface area contributed by atoms with Gasteiger partial charge in [0, 0.05) is 5.70 Å². The highest BCUT2D eigenvalue weighted by atomic mass is 15.2. The average Bonchev–Trinajstić information content (AvgIpc) is 2.04. The second kappa shape index (κ2) is 5.98. The van der Waals surface area contributed by atoms with Gasteiger partial charge in [0.25, 0.3) is 0 Å². The molecular formula is C9H18N2. The van der Waals surface area contributed by atoms with Crippen LogP contribution in [-0.2, 0) is 0 Å². The van der Waals surface area contributed by atoms with E-state index < -0.39 is 0 Å². The molecule has 0 aliphatic carbocycles. The Labute approximate surface area is 69.1 Å². The molecule has 0 spiro atoms. The highest BCUT2D eigenvalue weighted by molar-refractivity contribution is 4.88. The molecule has 1 atom stereocenters. The van der Waals surface area contributed by atoms with Crippen molar-refractivity contribution < 1.29 is 0 Å². The van der Waals surface area contributed by atoms with Gasteiger partial charge < -0.3 is 5.43 Å². The summed E-state index contributed by atoms with van der Waals surface area (Å²) in [6.45, 7) is 9.61. The molecule has 0 fully saturated rings. The first-order chi connectivity index (χ1) is 5.20. The second-order valence-electron chi connectivity index (χ2n) is 2.85. The Morgan fingerprint density at radius 3 is 2.82 bits per heavy atom. The topological polar surface area (TPSA) is 38.0 Å². The van der Waals surface area contributed by atoms with Crippen LogP contribution in [0.3, 0.4) is 0 Å². The molecule has 3 N–H and O–H groups in total. The molecule has 1 unspecified atom stereocenters. The fourth-order valence-electron chi connectivity index (χ4n) is 0.827. The zero-order valence-electron chi connectivity index (χ0n) is 7.27. The van der Waals surface area contributed by atoms with Crippen LogP contribution in [0.5, 0.6) is 0 Å². The Hall–Kier alpha value is -0.760.